The van der Waals surface area contributed by atoms with Crippen LogP contribution in [0.5, 0.6) is 5.88 Å². The molecule has 0 unspecified atom stereocenters. The highest BCUT2D eigenvalue weighted by Gasteiger charge is 2.49. The third kappa shape index (κ3) is 3.54. The number of hydrogen-bond acceptors (Lipinski definition) is 8. The Labute approximate surface area is 185 Å². The first kappa shape index (κ1) is 21.9. The minimum Gasteiger partial charge on any atom is -0.480 e. The van der Waals surface area contributed by atoms with E-state index in [1.54, 1.807) is 25.1 Å². The van der Waals surface area contributed by atoms with Gasteiger partial charge >= 0.3 is 0 Å². The molecular weight excluding hydrogens is 433 g/mol. The summed E-state index contributed by atoms with van der Waals surface area (Å²) in [6, 6.07) is 9.82. The molecule has 0 saturated heterocycles. The Morgan fingerprint density at radius 3 is 2.62 bits per heavy atom. The zero-order valence-electron chi connectivity index (χ0n) is 18.2. The number of sulfone groups is 1. The number of anilines is 2. The molecular formula is C22H24FN5O3S. The van der Waals surface area contributed by atoms with Crippen LogP contribution in [0.15, 0.2) is 47.6 Å². The maximum Gasteiger partial charge on any atom is 0.232 e. The van der Waals surface area contributed by atoms with E-state index < -0.39 is 25.9 Å². The molecule has 10 heteroatoms. The number of hydrogen-bond donors (Lipinski definition) is 2. The number of halogens is 1. The lowest BCUT2D eigenvalue weighted by atomic mass is 9.92. The quantitative estimate of drug-likeness (QED) is 0.617. The predicted octanol–water partition coefficient (Wildman–Crippen LogP) is 3.30. The van der Waals surface area contributed by atoms with E-state index in [0.29, 0.717) is 28.3 Å². The monoisotopic (exact) mass is 457 g/mol. The van der Waals surface area contributed by atoms with Crippen molar-refractivity contribution in [3.63, 3.8) is 0 Å². The highest BCUT2D eigenvalue weighted by atomic mass is 32.2. The first-order valence-electron chi connectivity index (χ1n) is 9.92. The maximum atomic E-state index is 14.9. The fourth-order valence-corrected chi connectivity index (χ4v) is 5.36. The standard InChI is InChI=1S/C22H24FN5O3S/c1-21(2)20(24)28-22(3,12-32(21,29)30)14-10-13(8-9-15(14)23)26-16-6-5-7-17-19(16)25-11-18(27-17)31-4/h5-11,26H,12H2,1-4H3,(H2,24,28)/t22-/m0/s1. The van der Waals surface area contributed by atoms with Gasteiger partial charge in [0, 0.05) is 11.3 Å². The molecule has 4 rings (SSSR count). The molecule has 3 N–H and O–H groups in total. The molecule has 168 valence electrons. The number of nitrogens with two attached hydrogens (primary N) is 1. The van der Waals surface area contributed by atoms with Gasteiger partial charge in [-0.05, 0) is 51.1 Å². The van der Waals surface area contributed by atoms with Crippen LogP contribution in [0.1, 0.15) is 26.3 Å². The van der Waals surface area contributed by atoms with Gasteiger partial charge in [0.05, 0.1) is 30.3 Å². The molecule has 1 aliphatic heterocycles. The van der Waals surface area contributed by atoms with Crippen LogP contribution in [-0.4, -0.2) is 41.8 Å². The fourth-order valence-electron chi connectivity index (χ4n) is 3.68. The number of benzene rings is 2. The molecule has 1 aliphatic rings. The minimum absolute atomic E-state index is 0.0395. The molecule has 0 fully saturated rings. The molecule has 3 aromatic rings. The summed E-state index contributed by atoms with van der Waals surface area (Å²) in [7, 11) is -2.15. The Balaban J connectivity index is 1.77. The number of fused-ring (bicyclic) bond motifs is 1. The Bertz CT molecular complexity index is 1360. The van der Waals surface area contributed by atoms with Crippen molar-refractivity contribution >= 4 is 38.1 Å². The average molecular weight is 458 g/mol. The van der Waals surface area contributed by atoms with Gasteiger partial charge < -0.3 is 15.8 Å². The molecule has 2 heterocycles. The predicted molar refractivity (Wildman–Crippen MR) is 123 cm³/mol. The first-order chi connectivity index (χ1) is 15.0. The second kappa shape index (κ2) is 7.40. The second-order valence-corrected chi connectivity index (χ2v) is 11.0. The largest absolute Gasteiger partial charge is 0.480 e. The van der Waals surface area contributed by atoms with Gasteiger partial charge in [0.1, 0.15) is 27.5 Å². The fraction of sp³-hybridized carbons (Fsp3) is 0.318. The molecule has 8 nitrogen and oxygen atoms in total. The van der Waals surface area contributed by atoms with Gasteiger partial charge in [-0.3, -0.25) is 4.99 Å². The van der Waals surface area contributed by atoms with Crippen molar-refractivity contribution in [2.75, 3.05) is 18.2 Å². The van der Waals surface area contributed by atoms with Gasteiger partial charge in [-0.15, -0.1) is 0 Å². The van der Waals surface area contributed by atoms with E-state index in [1.807, 2.05) is 12.1 Å². The smallest absolute Gasteiger partial charge is 0.232 e. The summed E-state index contributed by atoms with van der Waals surface area (Å²) in [4.78, 5) is 13.2. The van der Waals surface area contributed by atoms with Gasteiger partial charge in [0.2, 0.25) is 5.88 Å². The zero-order chi connectivity index (χ0) is 23.3. The van der Waals surface area contributed by atoms with Crippen LogP contribution < -0.4 is 15.8 Å². The first-order valence-corrected chi connectivity index (χ1v) is 11.6. The van der Waals surface area contributed by atoms with E-state index in [-0.39, 0.29) is 17.2 Å². The van der Waals surface area contributed by atoms with Crippen LogP contribution in [0.4, 0.5) is 15.8 Å². The van der Waals surface area contributed by atoms with E-state index in [1.165, 1.54) is 33.2 Å². The number of methoxy groups -OCH3 is 1. The number of nitrogens with one attached hydrogen (secondary N) is 1. The Morgan fingerprint density at radius 1 is 1.19 bits per heavy atom. The Kier molecular flexibility index (Phi) is 5.08. The van der Waals surface area contributed by atoms with Crippen molar-refractivity contribution in [2.24, 2.45) is 10.7 Å². The van der Waals surface area contributed by atoms with Crippen molar-refractivity contribution in [3.05, 3.63) is 54.0 Å². The SMILES string of the molecule is COc1cnc2c(Nc3ccc(F)c([C@]4(C)CS(=O)(=O)C(C)(C)C(N)=N4)c3)cccc2n1. The van der Waals surface area contributed by atoms with E-state index in [2.05, 4.69) is 20.3 Å². The van der Waals surface area contributed by atoms with Crippen molar-refractivity contribution in [1.82, 2.24) is 9.97 Å². The lowest BCUT2D eigenvalue weighted by molar-refractivity contribution is 0.397. The second-order valence-electron chi connectivity index (χ2n) is 8.45. The number of nitrogens with zero attached hydrogens (tertiary/aromatic N) is 3. The molecule has 0 saturated carbocycles. The zero-order valence-corrected chi connectivity index (χ0v) is 19.0. The number of ether oxygens (including phenoxy) is 1. The van der Waals surface area contributed by atoms with E-state index >= 15 is 0 Å². The molecule has 0 spiro atoms. The van der Waals surface area contributed by atoms with E-state index in [0.717, 1.165) is 0 Å². The molecule has 0 aliphatic carbocycles. The average Bonchev–Trinajstić information content (AvgIpc) is 2.73. The van der Waals surface area contributed by atoms with Gasteiger partial charge in [-0.2, -0.15) is 0 Å². The normalized spacial score (nSPS) is 21.7. The lowest BCUT2D eigenvalue weighted by Gasteiger charge is -2.38. The summed E-state index contributed by atoms with van der Waals surface area (Å²) in [6.07, 6.45) is 1.51. The van der Waals surface area contributed by atoms with Gasteiger partial charge in [0.15, 0.2) is 9.84 Å². The summed E-state index contributed by atoms with van der Waals surface area (Å²) in [6.45, 7) is 4.59. The summed E-state index contributed by atoms with van der Waals surface area (Å²) < 4.78 is 44.4. The molecule has 32 heavy (non-hydrogen) atoms. The van der Waals surface area contributed by atoms with Crippen LogP contribution in [-0.2, 0) is 15.4 Å². The third-order valence-corrected chi connectivity index (χ3v) is 8.52. The van der Waals surface area contributed by atoms with Crippen LogP contribution in [0.25, 0.3) is 11.0 Å². The van der Waals surface area contributed by atoms with E-state index in [4.69, 9.17) is 10.5 Å². The Morgan fingerprint density at radius 2 is 1.94 bits per heavy atom. The molecule has 1 aromatic heterocycles. The highest BCUT2D eigenvalue weighted by Crippen LogP contribution is 2.39. The van der Waals surface area contributed by atoms with Crippen LogP contribution in [0, 0.1) is 5.82 Å². The Hall–Kier alpha value is -3.27. The molecule has 2 aromatic carbocycles. The van der Waals surface area contributed by atoms with Gasteiger partial charge in [-0.1, -0.05) is 6.07 Å². The summed E-state index contributed by atoms with van der Waals surface area (Å²) in [5.74, 6) is -0.564. The number of para-hydroxylation sites is 1. The van der Waals surface area contributed by atoms with E-state index in [9.17, 15) is 12.8 Å². The summed E-state index contributed by atoms with van der Waals surface area (Å²) >= 11 is 0. The number of rotatable bonds is 4. The molecule has 0 amide bonds. The highest BCUT2D eigenvalue weighted by molar-refractivity contribution is 7.93. The number of amidine groups is 1. The minimum atomic E-state index is -3.66. The summed E-state index contributed by atoms with van der Waals surface area (Å²) in [5, 5.41) is 3.22. The van der Waals surface area contributed by atoms with Gasteiger partial charge in [0.25, 0.3) is 0 Å². The number of aromatic nitrogens is 2. The third-order valence-electron chi connectivity index (χ3n) is 5.82. The lowest BCUT2D eigenvalue weighted by Crippen LogP contribution is -2.54. The van der Waals surface area contributed by atoms with Gasteiger partial charge in [-0.25, -0.2) is 22.8 Å². The van der Waals surface area contributed by atoms with Crippen molar-refractivity contribution in [3.8, 4) is 5.88 Å². The van der Waals surface area contributed by atoms with Crippen LogP contribution in [0.3, 0.4) is 0 Å². The molecule has 0 radical (unpaired) electrons. The van der Waals surface area contributed by atoms with Crippen LogP contribution >= 0.6 is 0 Å². The van der Waals surface area contributed by atoms with Crippen LogP contribution in [0.2, 0.25) is 0 Å². The topological polar surface area (TPSA) is 120 Å². The van der Waals surface area contributed by atoms with Crippen molar-refractivity contribution < 1.29 is 17.5 Å². The summed E-state index contributed by atoms with van der Waals surface area (Å²) in [5.41, 5.74) is 7.22. The molecule has 0 bridgehead atoms. The molecule has 1 atom stereocenters. The van der Waals surface area contributed by atoms with Crippen molar-refractivity contribution in [1.29, 1.82) is 0 Å². The maximum absolute atomic E-state index is 14.9. The number of aliphatic imine (C=N–C) groups is 1. The van der Waals surface area contributed by atoms with Crippen molar-refractivity contribution in [2.45, 2.75) is 31.1 Å².